The Labute approximate surface area is 130 Å². The molecule has 0 bridgehead atoms. The topological polar surface area (TPSA) is 114 Å². The number of nitrogens with one attached hydrogen (secondary N) is 1. The van der Waals surface area contributed by atoms with Crippen LogP contribution in [0.5, 0.6) is 0 Å². The number of aromatic amines is 1. The van der Waals surface area contributed by atoms with E-state index in [-0.39, 0.29) is 11.3 Å². The van der Waals surface area contributed by atoms with Crippen LogP contribution in [0.2, 0.25) is 0 Å². The number of fused-ring (bicyclic) bond motifs is 1. The summed E-state index contributed by atoms with van der Waals surface area (Å²) in [5, 5.41) is 8.88. The molecule has 0 saturated carbocycles. The van der Waals surface area contributed by atoms with Crippen molar-refractivity contribution in [2.24, 2.45) is 0 Å². The van der Waals surface area contributed by atoms with Gasteiger partial charge in [0.15, 0.2) is 0 Å². The minimum Gasteiger partial charge on any atom is -0.433 e. The third kappa shape index (κ3) is 3.07. The average molecular weight is 343 g/mol. The lowest BCUT2D eigenvalue weighted by atomic mass is 10.1. The van der Waals surface area contributed by atoms with Gasteiger partial charge in [-0.05, 0) is 19.1 Å². The third-order valence-electron chi connectivity index (χ3n) is 2.84. The summed E-state index contributed by atoms with van der Waals surface area (Å²) in [5.41, 5.74) is -5.66. The molecule has 0 fully saturated rings. The number of ether oxygens (including phenoxy) is 1. The van der Waals surface area contributed by atoms with Gasteiger partial charge in [-0.15, -0.1) is 4.73 Å². The standard InChI is InChI=1S/C13H8F3N3O5/c1-2-23-12(22)24-19-9-3-6(5-17)7(13(14,15)16)4-8(9)18-10(20)11(19)21/h3-4H,2H2,1H3,(H,18,20). The van der Waals surface area contributed by atoms with E-state index in [1.165, 1.54) is 13.0 Å². The zero-order valence-electron chi connectivity index (χ0n) is 11.9. The first kappa shape index (κ1) is 17.1. The zero-order chi connectivity index (χ0) is 18.1. The molecule has 8 nitrogen and oxygen atoms in total. The molecule has 126 valence electrons. The minimum absolute atomic E-state index is 0.101. The molecule has 0 saturated heterocycles. The molecule has 0 aliphatic heterocycles. The van der Waals surface area contributed by atoms with Crippen molar-refractivity contribution in [3.8, 4) is 6.07 Å². The van der Waals surface area contributed by atoms with Crippen molar-refractivity contribution in [2.45, 2.75) is 13.1 Å². The van der Waals surface area contributed by atoms with Gasteiger partial charge in [0, 0.05) is 0 Å². The Morgan fingerprint density at radius 2 is 2.04 bits per heavy atom. The van der Waals surface area contributed by atoms with Crippen molar-refractivity contribution in [3.05, 3.63) is 44.0 Å². The number of hydrogen-bond acceptors (Lipinski definition) is 6. The van der Waals surface area contributed by atoms with Crippen LogP contribution in [0.25, 0.3) is 11.0 Å². The fourth-order valence-electron chi connectivity index (χ4n) is 1.87. The molecule has 1 N–H and O–H groups in total. The molecule has 1 heterocycles. The van der Waals surface area contributed by atoms with Gasteiger partial charge in [0.2, 0.25) is 0 Å². The summed E-state index contributed by atoms with van der Waals surface area (Å²) in [6.45, 7) is 1.35. The Hall–Kier alpha value is -3.29. The molecule has 0 radical (unpaired) electrons. The summed E-state index contributed by atoms with van der Waals surface area (Å²) in [6.07, 6.45) is -6.20. The van der Waals surface area contributed by atoms with E-state index in [1.807, 2.05) is 4.98 Å². The first-order chi connectivity index (χ1) is 11.2. The monoisotopic (exact) mass is 343 g/mol. The van der Waals surface area contributed by atoms with Gasteiger partial charge in [-0.1, -0.05) is 0 Å². The number of benzene rings is 1. The van der Waals surface area contributed by atoms with E-state index in [1.54, 1.807) is 0 Å². The highest BCUT2D eigenvalue weighted by molar-refractivity contribution is 5.78. The summed E-state index contributed by atoms with van der Waals surface area (Å²) >= 11 is 0. The average Bonchev–Trinajstić information content (AvgIpc) is 2.50. The fraction of sp³-hybridized carbons (Fsp3) is 0.231. The van der Waals surface area contributed by atoms with E-state index < -0.39 is 45.6 Å². The van der Waals surface area contributed by atoms with Crippen molar-refractivity contribution >= 4 is 17.2 Å². The molecular weight excluding hydrogens is 335 g/mol. The summed E-state index contributed by atoms with van der Waals surface area (Å²) in [5.74, 6) is 0. The highest BCUT2D eigenvalue weighted by Crippen LogP contribution is 2.33. The quantitative estimate of drug-likeness (QED) is 0.646. The number of carbonyl (C=O) groups is 1. The largest absolute Gasteiger partial charge is 0.533 e. The first-order valence-electron chi connectivity index (χ1n) is 6.34. The van der Waals surface area contributed by atoms with Crippen molar-refractivity contribution in [1.29, 1.82) is 5.26 Å². The Bertz CT molecular complexity index is 968. The lowest BCUT2D eigenvalue weighted by molar-refractivity contribution is -0.137. The summed E-state index contributed by atoms with van der Waals surface area (Å²) in [7, 11) is 0. The van der Waals surface area contributed by atoms with Crippen LogP contribution in [0.4, 0.5) is 18.0 Å². The van der Waals surface area contributed by atoms with E-state index >= 15 is 0 Å². The maximum absolute atomic E-state index is 12.9. The van der Waals surface area contributed by atoms with Gasteiger partial charge in [0.05, 0.1) is 29.3 Å². The second kappa shape index (κ2) is 6.07. The number of alkyl halides is 3. The zero-order valence-corrected chi connectivity index (χ0v) is 11.9. The summed E-state index contributed by atoms with van der Waals surface area (Å²) < 4.78 is 43.4. The van der Waals surface area contributed by atoms with Crippen LogP contribution in [-0.4, -0.2) is 22.5 Å². The molecule has 0 unspecified atom stereocenters. The number of carbonyl (C=O) groups excluding carboxylic acids is 1. The molecule has 0 amide bonds. The number of hydrogen-bond donors (Lipinski definition) is 1. The normalized spacial score (nSPS) is 11.1. The summed E-state index contributed by atoms with van der Waals surface area (Å²) in [4.78, 5) is 41.1. The molecule has 0 spiro atoms. The molecule has 11 heteroatoms. The maximum atomic E-state index is 12.9. The molecule has 1 aromatic heterocycles. The summed E-state index contributed by atoms with van der Waals surface area (Å²) in [6, 6.07) is 2.48. The van der Waals surface area contributed by atoms with Gasteiger partial charge in [-0.3, -0.25) is 14.4 Å². The lowest BCUT2D eigenvalue weighted by Crippen LogP contribution is -2.41. The van der Waals surface area contributed by atoms with E-state index in [4.69, 9.17) is 5.26 Å². The van der Waals surface area contributed by atoms with Crippen LogP contribution in [-0.2, 0) is 10.9 Å². The smallest absolute Gasteiger partial charge is 0.433 e. The van der Waals surface area contributed by atoms with E-state index in [2.05, 4.69) is 9.57 Å². The fourth-order valence-corrected chi connectivity index (χ4v) is 1.87. The highest BCUT2D eigenvalue weighted by atomic mass is 19.4. The Morgan fingerprint density at radius 3 is 2.58 bits per heavy atom. The molecule has 2 aromatic rings. The Morgan fingerprint density at radius 1 is 1.38 bits per heavy atom. The first-order valence-corrected chi connectivity index (χ1v) is 6.34. The van der Waals surface area contributed by atoms with Crippen LogP contribution in [0.3, 0.4) is 0 Å². The van der Waals surface area contributed by atoms with Crippen molar-refractivity contribution < 1.29 is 27.5 Å². The van der Waals surface area contributed by atoms with Crippen LogP contribution >= 0.6 is 0 Å². The van der Waals surface area contributed by atoms with Crippen LogP contribution in [0.15, 0.2) is 21.7 Å². The number of halogens is 3. The van der Waals surface area contributed by atoms with Crippen LogP contribution in [0, 0.1) is 11.3 Å². The molecule has 1 aromatic carbocycles. The number of nitriles is 1. The number of aromatic nitrogens is 2. The molecule has 0 aliphatic carbocycles. The predicted octanol–water partition coefficient (Wildman–Crippen LogP) is 1.17. The SMILES string of the molecule is CCOC(=O)On1c(=O)c(=O)[nH]c2cc(C(F)(F)F)c(C#N)cc21. The molecular formula is C13H8F3N3O5. The number of nitrogens with zero attached hydrogens (tertiary/aromatic N) is 2. The van der Waals surface area contributed by atoms with Crippen molar-refractivity contribution in [1.82, 2.24) is 9.71 Å². The van der Waals surface area contributed by atoms with Gasteiger partial charge < -0.3 is 9.72 Å². The third-order valence-corrected chi connectivity index (χ3v) is 2.84. The number of rotatable bonds is 2. The second-order valence-corrected chi connectivity index (χ2v) is 4.35. The van der Waals surface area contributed by atoms with Crippen molar-refractivity contribution in [3.63, 3.8) is 0 Å². The molecule has 0 aliphatic rings. The minimum atomic E-state index is -4.86. The van der Waals surface area contributed by atoms with Crippen molar-refractivity contribution in [2.75, 3.05) is 6.61 Å². The number of H-pyrrole nitrogens is 1. The van der Waals surface area contributed by atoms with Gasteiger partial charge in [-0.2, -0.15) is 18.4 Å². The highest BCUT2D eigenvalue weighted by Gasteiger charge is 2.34. The van der Waals surface area contributed by atoms with Gasteiger partial charge in [0.25, 0.3) is 0 Å². The van der Waals surface area contributed by atoms with E-state index in [0.29, 0.717) is 12.1 Å². The van der Waals surface area contributed by atoms with E-state index in [0.717, 1.165) is 0 Å². The molecule has 0 atom stereocenters. The Kier molecular flexibility index (Phi) is 4.32. The molecule has 2 rings (SSSR count). The van der Waals surface area contributed by atoms with Gasteiger partial charge in [0.1, 0.15) is 5.52 Å². The van der Waals surface area contributed by atoms with Crippen LogP contribution in [0.1, 0.15) is 18.1 Å². The van der Waals surface area contributed by atoms with E-state index in [9.17, 15) is 27.6 Å². The maximum Gasteiger partial charge on any atom is 0.533 e. The predicted molar refractivity (Wildman–Crippen MR) is 72.1 cm³/mol. The van der Waals surface area contributed by atoms with Crippen LogP contribution < -0.4 is 16.0 Å². The van der Waals surface area contributed by atoms with Gasteiger partial charge in [-0.25, -0.2) is 4.79 Å². The lowest BCUT2D eigenvalue weighted by Gasteiger charge is -2.12. The Balaban J connectivity index is 2.81. The molecule has 24 heavy (non-hydrogen) atoms. The second-order valence-electron chi connectivity index (χ2n) is 4.35. The van der Waals surface area contributed by atoms with Gasteiger partial charge >= 0.3 is 23.5 Å².